The van der Waals surface area contributed by atoms with Gasteiger partial charge >= 0.3 is 0 Å². The summed E-state index contributed by atoms with van der Waals surface area (Å²) in [5.74, 6) is 0.945. The van der Waals surface area contributed by atoms with Gasteiger partial charge in [0.2, 0.25) is 0 Å². The summed E-state index contributed by atoms with van der Waals surface area (Å²) in [6.45, 7) is 8.69. The van der Waals surface area contributed by atoms with Crippen LogP contribution in [0.4, 0.5) is 0 Å². The molecule has 1 saturated heterocycles. The molecule has 0 amide bonds. The topological polar surface area (TPSA) is 59.9 Å². The number of hydrogen-bond donors (Lipinski definition) is 3. The number of aliphatic hydroxyl groups is 1. The fourth-order valence-electron chi connectivity index (χ4n) is 4.31. The van der Waals surface area contributed by atoms with Crippen molar-refractivity contribution in [1.82, 2.24) is 15.5 Å². The maximum absolute atomic E-state index is 9.48. The first-order valence-corrected chi connectivity index (χ1v) is 10.6. The van der Waals surface area contributed by atoms with E-state index in [4.69, 9.17) is 4.99 Å². The summed E-state index contributed by atoms with van der Waals surface area (Å²) in [6.07, 6.45) is 12.7. The van der Waals surface area contributed by atoms with Crippen molar-refractivity contribution in [3.05, 3.63) is 0 Å². The molecule has 0 spiro atoms. The van der Waals surface area contributed by atoms with Crippen molar-refractivity contribution in [2.24, 2.45) is 10.4 Å². The van der Waals surface area contributed by atoms with Crippen molar-refractivity contribution in [3.63, 3.8) is 0 Å². The van der Waals surface area contributed by atoms with Gasteiger partial charge in [0, 0.05) is 32.8 Å². The molecular weight excluding hydrogens is 439 g/mol. The number of halogens is 1. The van der Waals surface area contributed by atoms with Crippen molar-refractivity contribution in [1.29, 1.82) is 0 Å². The smallest absolute Gasteiger partial charge is 0.191 e. The van der Waals surface area contributed by atoms with E-state index in [2.05, 4.69) is 22.5 Å². The Balaban J connectivity index is 0.00000338. The van der Waals surface area contributed by atoms with Crippen molar-refractivity contribution < 1.29 is 5.11 Å². The number of rotatable bonds is 8. The summed E-state index contributed by atoms with van der Waals surface area (Å²) in [7, 11) is 0. The Morgan fingerprint density at radius 3 is 2.27 bits per heavy atom. The van der Waals surface area contributed by atoms with E-state index < -0.39 is 0 Å². The quantitative estimate of drug-likeness (QED) is 0.283. The van der Waals surface area contributed by atoms with Gasteiger partial charge in [0.05, 0.1) is 0 Å². The first-order chi connectivity index (χ1) is 12.3. The molecule has 0 unspecified atom stereocenters. The summed E-state index contributed by atoms with van der Waals surface area (Å²) < 4.78 is 0. The van der Waals surface area contributed by atoms with Crippen molar-refractivity contribution in [3.8, 4) is 0 Å². The van der Waals surface area contributed by atoms with Crippen LogP contribution in [0.2, 0.25) is 0 Å². The van der Waals surface area contributed by atoms with Crippen LogP contribution in [0, 0.1) is 5.41 Å². The third kappa shape index (κ3) is 8.74. The van der Waals surface area contributed by atoms with Gasteiger partial charge in [0.1, 0.15) is 0 Å². The Hall–Kier alpha value is -0.0800. The molecule has 3 N–H and O–H groups in total. The zero-order chi connectivity index (χ0) is 17.8. The molecule has 1 aliphatic carbocycles. The molecule has 1 aliphatic heterocycles. The number of nitrogens with one attached hydrogen (secondary N) is 2. The van der Waals surface area contributed by atoms with E-state index >= 15 is 0 Å². The molecule has 2 aliphatic rings. The molecule has 6 heteroatoms. The Bertz CT molecular complexity index is 372. The van der Waals surface area contributed by atoms with Crippen LogP contribution in [0.25, 0.3) is 0 Å². The molecule has 0 bridgehead atoms. The average molecular weight is 480 g/mol. The normalized spacial score (nSPS) is 21.5. The molecule has 0 aromatic rings. The summed E-state index contributed by atoms with van der Waals surface area (Å²) in [4.78, 5) is 7.48. The second-order valence-corrected chi connectivity index (χ2v) is 7.91. The molecule has 26 heavy (non-hydrogen) atoms. The lowest BCUT2D eigenvalue weighted by molar-refractivity contribution is 0.137. The van der Waals surface area contributed by atoms with Gasteiger partial charge in [-0.1, -0.05) is 32.1 Å². The van der Waals surface area contributed by atoms with Crippen LogP contribution in [0.3, 0.4) is 0 Å². The first-order valence-electron chi connectivity index (χ1n) is 10.6. The van der Waals surface area contributed by atoms with Crippen molar-refractivity contribution in [2.45, 2.75) is 71.1 Å². The zero-order valence-electron chi connectivity index (χ0n) is 16.8. The van der Waals surface area contributed by atoms with E-state index in [0.29, 0.717) is 0 Å². The first kappa shape index (κ1) is 24.0. The molecule has 0 aromatic heterocycles. The second kappa shape index (κ2) is 14.0. The van der Waals surface area contributed by atoms with Gasteiger partial charge in [-0.15, -0.1) is 24.0 Å². The van der Waals surface area contributed by atoms with Crippen LogP contribution in [-0.4, -0.2) is 61.8 Å². The molecule has 0 radical (unpaired) electrons. The summed E-state index contributed by atoms with van der Waals surface area (Å²) >= 11 is 0. The Kier molecular flexibility index (Phi) is 12.9. The summed E-state index contributed by atoms with van der Waals surface area (Å²) in [6, 6.07) is 0. The van der Waals surface area contributed by atoms with Crippen molar-refractivity contribution in [2.75, 3.05) is 45.9 Å². The molecule has 0 aromatic carbocycles. The van der Waals surface area contributed by atoms with Gasteiger partial charge in [-0.3, -0.25) is 4.99 Å². The SMILES string of the molecule is CCNC(=NCC1(CCO)CCCCC1)NCCN1CCCCCC1.I. The highest BCUT2D eigenvalue weighted by Gasteiger charge is 2.31. The van der Waals surface area contributed by atoms with E-state index in [-0.39, 0.29) is 36.0 Å². The standard InChI is InChI=1S/C20H40N4O.HI/c1-2-21-19(22-13-16-24-14-8-3-4-9-15-24)23-18-20(12-17-25)10-6-5-7-11-20;/h25H,2-18H2,1H3,(H2,21,22,23);1H. The van der Waals surface area contributed by atoms with Gasteiger partial charge in [-0.25, -0.2) is 0 Å². The number of nitrogens with zero attached hydrogens (tertiary/aromatic N) is 2. The minimum atomic E-state index is 0. The number of aliphatic hydroxyl groups excluding tert-OH is 1. The van der Waals surface area contributed by atoms with Gasteiger partial charge in [-0.2, -0.15) is 0 Å². The van der Waals surface area contributed by atoms with Gasteiger partial charge in [-0.05, 0) is 57.5 Å². The minimum Gasteiger partial charge on any atom is -0.396 e. The number of guanidine groups is 1. The lowest BCUT2D eigenvalue weighted by atomic mass is 9.72. The predicted molar refractivity (Wildman–Crippen MR) is 122 cm³/mol. The molecule has 5 nitrogen and oxygen atoms in total. The van der Waals surface area contributed by atoms with E-state index in [1.807, 2.05) is 0 Å². The maximum atomic E-state index is 9.48. The highest BCUT2D eigenvalue weighted by atomic mass is 127. The monoisotopic (exact) mass is 480 g/mol. The predicted octanol–water partition coefficient (Wildman–Crippen LogP) is 3.37. The van der Waals surface area contributed by atoms with Gasteiger partial charge in [0.25, 0.3) is 0 Å². The number of likely N-dealkylation sites (tertiary alicyclic amines) is 1. The molecule has 0 atom stereocenters. The lowest BCUT2D eigenvalue weighted by Crippen LogP contribution is -2.42. The zero-order valence-corrected chi connectivity index (χ0v) is 19.1. The summed E-state index contributed by atoms with van der Waals surface area (Å²) in [5, 5.41) is 16.4. The Morgan fingerprint density at radius 2 is 1.65 bits per heavy atom. The van der Waals surface area contributed by atoms with Crippen LogP contribution in [-0.2, 0) is 0 Å². The van der Waals surface area contributed by atoms with E-state index in [1.165, 1.54) is 70.9 Å². The van der Waals surface area contributed by atoms with Crippen LogP contribution in [0.1, 0.15) is 71.1 Å². The third-order valence-corrected chi connectivity index (χ3v) is 5.89. The van der Waals surface area contributed by atoms with E-state index in [9.17, 15) is 5.11 Å². The van der Waals surface area contributed by atoms with Crippen LogP contribution < -0.4 is 10.6 Å². The molecular formula is C20H41IN4O. The van der Waals surface area contributed by atoms with Crippen molar-refractivity contribution >= 4 is 29.9 Å². The highest BCUT2D eigenvalue weighted by molar-refractivity contribution is 14.0. The minimum absolute atomic E-state index is 0. The maximum Gasteiger partial charge on any atom is 0.191 e. The molecule has 1 saturated carbocycles. The van der Waals surface area contributed by atoms with Gasteiger partial charge < -0.3 is 20.6 Å². The average Bonchev–Trinajstić information content (AvgIpc) is 2.90. The Morgan fingerprint density at radius 1 is 1.00 bits per heavy atom. The molecule has 1 heterocycles. The van der Waals surface area contributed by atoms with Gasteiger partial charge in [0.15, 0.2) is 5.96 Å². The number of hydrogen-bond acceptors (Lipinski definition) is 3. The highest BCUT2D eigenvalue weighted by Crippen LogP contribution is 2.39. The molecule has 2 rings (SSSR count). The second-order valence-electron chi connectivity index (χ2n) is 7.91. The largest absolute Gasteiger partial charge is 0.396 e. The fourth-order valence-corrected chi connectivity index (χ4v) is 4.31. The summed E-state index contributed by atoms with van der Waals surface area (Å²) in [5.41, 5.74) is 0.222. The van der Waals surface area contributed by atoms with E-state index in [1.54, 1.807) is 0 Å². The van der Waals surface area contributed by atoms with Crippen LogP contribution in [0.5, 0.6) is 0 Å². The molecule has 2 fully saturated rings. The third-order valence-electron chi connectivity index (χ3n) is 5.89. The number of aliphatic imine (C=N–C) groups is 1. The van der Waals surface area contributed by atoms with Crippen LogP contribution >= 0.6 is 24.0 Å². The molecule has 154 valence electrons. The Labute approximate surface area is 177 Å². The van der Waals surface area contributed by atoms with Crippen LogP contribution in [0.15, 0.2) is 4.99 Å². The fraction of sp³-hybridized carbons (Fsp3) is 0.950. The van der Waals surface area contributed by atoms with E-state index in [0.717, 1.165) is 38.6 Å². The lowest BCUT2D eigenvalue weighted by Gasteiger charge is -2.35.